The van der Waals surface area contributed by atoms with E-state index in [1.807, 2.05) is 42.5 Å². The highest BCUT2D eigenvalue weighted by atomic mass is 35.5. The summed E-state index contributed by atoms with van der Waals surface area (Å²) in [6.07, 6.45) is 0. The zero-order chi connectivity index (χ0) is 11.4. The zero-order valence-electron chi connectivity index (χ0n) is 8.56. The van der Waals surface area contributed by atoms with Gasteiger partial charge in [-0.15, -0.1) is 0 Å². The van der Waals surface area contributed by atoms with Crippen LogP contribution in [0.5, 0.6) is 0 Å². The monoisotopic (exact) mass is 250 g/mol. The van der Waals surface area contributed by atoms with Crippen LogP contribution in [0.1, 0.15) is 5.56 Å². The average Bonchev–Trinajstić information content (AvgIpc) is 2.33. The van der Waals surface area contributed by atoms with Crippen LogP contribution >= 0.6 is 23.4 Å². The molecule has 0 heterocycles. The van der Waals surface area contributed by atoms with Crippen molar-refractivity contribution in [2.75, 3.05) is 0 Å². The van der Waals surface area contributed by atoms with E-state index in [1.54, 1.807) is 17.8 Å². The summed E-state index contributed by atoms with van der Waals surface area (Å²) in [5.74, 6) is 0. The summed E-state index contributed by atoms with van der Waals surface area (Å²) in [6, 6.07) is 15.7. The van der Waals surface area contributed by atoms with E-state index in [0.29, 0.717) is 5.02 Å². The molecule has 0 unspecified atom stereocenters. The molecule has 0 saturated carbocycles. The predicted octanol–water partition coefficient (Wildman–Crippen LogP) is 3.98. The quantitative estimate of drug-likeness (QED) is 0.889. The third kappa shape index (κ3) is 2.79. The molecule has 82 valence electrons. The van der Waals surface area contributed by atoms with Gasteiger partial charge in [0.25, 0.3) is 0 Å². The molecule has 0 aromatic heterocycles. The smallest absolute Gasteiger partial charge is 0.0682 e. The van der Waals surface area contributed by atoms with Gasteiger partial charge in [0.05, 0.1) is 11.6 Å². The maximum Gasteiger partial charge on any atom is 0.0682 e. The molecule has 0 fully saturated rings. The largest absolute Gasteiger partial charge is 0.392 e. The van der Waals surface area contributed by atoms with Crippen molar-refractivity contribution < 1.29 is 5.11 Å². The van der Waals surface area contributed by atoms with Crippen molar-refractivity contribution in [1.29, 1.82) is 0 Å². The Morgan fingerprint density at radius 3 is 2.44 bits per heavy atom. The molecule has 0 amide bonds. The SMILES string of the molecule is OCc1ccc(Sc2ccccc2)c(Cl)c1. The summed E-state index contributed by atoms with van der Waals surface area (Å²) in [5.41, 5.74) is 0.836. The summed E-state index contributed by atoms with van der Waals surface area (Å²) in [7, 11) is 0. The van der Waals surface area contributed by atoms with E-state index >= 15 is 0 Å². The molecule has 1 nitrogen and oxygen atoms in total. The van der Waals surface area contributed by atoms with Gasteiger partial charge in [-0.3, -0.25) is 0 Å². The minimum absolute atomic E-state index is 0.0238. The van der Waals surface area contributed by atoms with E-state index < -0.39 is 0 Å². The number of hydrogen-bond acceptors (Lipinski definition) is 2. The normalized spacial score (nSPS) is 10.4. The lowest BCUT2D eigenvalue weighted by Crippen LogP contribution is -1.83. The average molecular weight is 251 g/mol. The lowest BCUT2D eigenvalue weighted by Gasteiger charge is -2.05. The molecule has 0 bridgehead atoms. The topological polar surface area (TPSA) is 20.2 Å². The third-order valence-corrected chi connectivity index (χ3v) is 3.66. The van der Waals surface area contributed by atoms with Crippen molar-refractivity contribution in [2.45, 2.75) is 16.4 Å². The van der Waals surface area contributed by atoms with Crippen molar-refractivity contribution in [3.05, 3.63) is 59.1 Å². The van der Waals surface area contributed by atoms with Gasteiger partial charge in [-0.1, -0.05) is 47.6 Å². The molecule has 2 aromatic carbocycles. The number of rotatable bonds is 3. The lowest BCUT2D eigenvalue weighted by molar-refractivity contribution is 0.282. The minimum atomic E-state index is 0.0238. The predicted molar refractivity (Wildman–Crippen MR) is 67.9 cm³/mol. The van der Waals surface area contributed by atoms with Crippen LogP contribution in [0.15, 0.2) is 58.3 Å². The first kappa shape index (κ1) is 11.5. The van der Waals surface area contributed by atoms with Crippen molar-refractivity contribution >= 4 is 23.4 Å². The van der Waals surface area contributed by atoms with E-state index in [0.717, 1.165) is 15.4 Å². The number of halogens is 1. The van der Waals surface area contributed by atoms with E-state index in [9.17, 15) is 0 Å². The second-order valence-corrected chi connectivity index (χ2v) is 4.86. The molecule has 3 heteroatoms. The Kier molecular flexibility index (Phi) is 3.88. The zero-order valence-corrected chi connectivity index (χ0v) is 10.1. The van der Waals surface area contributed by atoms with Gasteiger partial charge in [-0.25, -0.2) is 0 Å². The van der Waals surface area contributed by atoms with Crippen LogP contribution in [0.4, 0.5) is 0 Å². The van der Waals surface area contributed by atoms with Gasteiger partial charge in [0.15, 0.2) is 0 Å². The molecule has 0 aliphatic carbocycles. The van der Waals surface area contributed by atoms with Gasteiger partial charge in [-0.05, 0) is 29.8 Å². The Bertz CT molecular complexity index is 471. The first-order valence-corrected chi connectivity index (χ1v) is 6.11. The molecule has 1 N–H and O–H groups in total. The Balaban J connectivity index is 2.22. The first-order chi connectivity index (χ1) is 7.79. The van der Waals surface area contributed by atoms with Crippen LogP contribution in [-0.4, -0.2) is 5.11 Å². The molecule has 0 aliphatic rings. The van der Waals surface area contributed by atoms with E-state index in [4.69, 9.17) is 16.7 Å². The molecule has 0 atom stereocenters. The summed E-state index contributed by atoms with van der Waals surface area (Å²) in [4.78, 5) is 2.16. The maximum atomic E-state index is 8.98. The highest BCUT2D eigenvalue weighted by Crippen LogP contribution is 2.33. The number of benzene rings is 2. The van der Waals surface area contributed by atoms with Crippen LogP contribution in [-0.2, 0) is 6.61 Å². The van der Waals surface area contributed by atoms with Gasteiger partial charge in [0, 0.05) is 9.79 Å². The summed E-state index contributed by atoms with van der Waals surface area (Å²) < 4.78 is 0. The molecule has 16 heavy (non-hydrogen) atoms. The maximum absolute atomic E-state index is 8.98. The highest BCUT2D eigenvalue weighted by molar-refractivity contribution is 7.99. The Labute approximate surface area is 104 Å². The molecule has 0 radical (unpaired) electrons. The number of hydrogen-bond donors (Lipinski definition) is 1. The van der Waals surface area contributed by atoms with E-state index in [2.05, 4.69) is 0 Å². The van der Waals surface area contributed by atoms with Gasteiger partial charge in [0.1, 0.15) is 0 Å². The summed E-state index contributed by atoms with van der Waals surface area (Å²) in [5, 5.41) is 9.66. The fraction of sp³-hybridized carbons (Fsp3) is 0.0769. The molecule has 2 aromatic rings. The van der Waals surface area contributed by atoms with Gasteiger partial charge in [0.2, 0.25) is 0 Å². The standard InChI is InChI=1S/C13H11ClOS/c14-12-8-10(9-15)6-7-13(12)16-11-4-2-1-3-5-11/h1-8,15H,9H2. The van der Waals surface area contributed by atoms with Gasteiger partial charge >= 0.3 is 0 Å². The fourth-order valence-electron chi connectivity index (χ4n) is 1.34. The second kappa shape index (κ2) is 5.39. The van der Waals surface area contributed by atoms with Crippen molar-refractivity contribution in [2.24, 2.45) is 0 Å². The van der Waals surface area contributed by atoms with Crippen molar-refractivity contribution in [3.8, 4) is 0 Å². The highest BCUT2D eigenvalue weighted by Gasteiger charge is 2.03. The first-order valence-electron chi connectivity index (χ1n) is 4.92. The van der Waals surface area contributed by atoms with Gasteiger partial charge in [-0.2, -0.15) is 0 Å². The Morgan fingerprint density at radius 1 is 1.06 bits per heavy atom. The number of aliphatic hydroxyl groups excluding tert-OH is 1. The summed E-state index contributed by atoms with van der Waals surface area (Å²) in [6.45, 7) is 0.0238. The molecule has 0 aliphatic heterocycles. The van der Waals surface area contributed by atoms with E-state index in [-0.39, 0.29) is 6.61 Å². The fourth-order valence-corrected chi connectivity index (χ4v) is 2.50. The Hall–Kier alpha value is -0.960. The van der Waals surface area contributed by atoms with Crippen molar-refractivity contribution in [3.63, 3.8) is 0 Å². The lowest BCUT2D eigenvalue weighted by atomic mass is 10.2. The van der Waals surface area contributed by atoms with Crippen molar-refractivity contribution in [1.82, 2.24) is 0 Å². The van der Waals surface area contributed by atoms with Crippen LogP contribution in [0.25, 0.3) is 0 Å². The van der Waals surface area contributed by atoms with Gasteiger partial charge < -0.3 is 5.11 Å². The van der Waals surface area contributed by atoms with Crippen LogP contribution in [0.2, 0.25) is 5.02 Å². The van der Waals surface area contributed by atoms with E-state index in [1.165, 1.54) is 0 Å². The molecule has 0 spiro atoms. The number of aliphatic hydroxyl groups is 1. The Morgan fingerprint density at radius 2 is 1.81 bits per heavy atom. The van der Waals surface area contributed by atoms with Crippen LogP contribution < -0.4 is 0 Å². The molecule has 2 rings (SSSR count). The van der Waals surface area contributed by atoms with Crippen LogP contribution in [0, 0.1) is 0 Å². The minimum Gasteiger partial charge on any atom is -0.392 e. The van der Waals surface area contributed by atoms with Crippen LogP contribution in [0.3, 0.4) is 0 Å². The second-order valence-electron chi connectivity index (χ2n) is 3.34. The molecular weight excluding hydrogens is 240 g/mol. The third-order valence-electron chi connectivity index (χ3n) is 2.15. The molecule has 0 saturated heterocycles. The summed E-state index contributed by atoms with van der Waals surface area (Å²) >= 11 is 7.75. The molecular formula is C13H11ClOS.